The van der Waals surface area contributed by atoms with Gasteiger partial charge in [0.05, 0.1) is 6.42 Å². The smallest absolute Gasteiger partial charge is 0.249 e. The minimum atomic E-state index is -0.126. The van der Waals surface area contributed by atoms with Crippen molar-refractivity contribution in [3.63, 3.8) is 0 Å². The molecule has 120 valence electrons. The molecule has 2 aromatic heterocycles. The van der Waals surface area contributed by atoms with Gasteiger partial charge in [-0.2, -0.15) is 4.98 Å². The number of rotatable bonds is 4. The lowest BCUT2D eigenvalue weighted by Gasteiger charge is -2.38. The van der Waals surface area contributed by atoms with E-state index < -0.39 is 0 Å². The lowest BCUT2D eigenvalue weighted by Crippen LogP contribution is -2.46. The van der Waals surface area contributed by atoms with Crippen molar-refractivity contribution in [2.75, 3.05) is 6.54 Å². The van der Waals surface area contributed by atoms with Crippen LogP contribution in [0.4, 0.5) is 0 Å². The van der Waals surface area contributed by atoms with Gasteiger partial charge in [0.1, 0.15) is 6.04 Å². The average molecular weight is 320 g/mol. The first-order valence-corrected chi connectivity index (χ1v) is 7.88. The van der Waals surface area contributed by atoms with E-state index in [4.69, 9.17) is 4.52 Å². The van der Waals surface area contributed by atoms with Crippen LogP contribution in [0.1, 0.15) is 23.9 Å². The Bertz CT molecular complexity index is 832. The third-order valence-corrected chi connectivity index (χ3v) is 4.18. The standard InChI is InChI=1S/C18H16N4O2/c23-16(11-13-5-2-1-3-6-13)22-10-8-15(22)18-20-17(21-24-18)14-7-4-9-19-12-14/h1-7,9,12,15H,8,10-11H2/t15-/m0/s1. The second-order valence-electron chi connectivity index (χ2n) is 5.75. The topological polar surface area (TPSA) is 72.1 Å². The average Bonchev–Trinajstić information content (AvgIpc) is 3.05. The van der Waals surface area contributed by atoms with E-state index in [0.29, 0.717) is 18.1 Å². The van der Waals surface area contributed by atoms with Crippen LogP contribution in [0.2, 0.25) is 0 Å². The van der Waals surface area contributed by atoms with Gasteiger partial charge in [-0.1, -0.05) is 35.5 Å². The second-order valence-corrected chi connectivity index (χ2v) is 5.75. The molecule has 1 aliphatic rings. The third-order valence-electron chi connectivity index (χ3n) is 4.18. The fraction of sp³-hybridized carbons (Fsp3) is 0.222. The van der Waals surface area contributed by atoms with Gasteiger partial charge in [-0.3, -0.25) is 9.78 Å². The van der Waals surface area contributed by atoms with Crippen LogP contribution in [0.5, 0.6) is 0 Å². The van der Waals surface area contributed by atoms with Gasteiger partial charge in [-0.15, -0.1) is 0 Å². The molecule has 1 atom stereocenters. The summed E-state index contributed by atoms with van der Waals surface area (Å²) in [6.07, 6.45) is 4.62. The van der Waals surface area contributed by atoms with Gasteiger partial charge >= 0.3 is 0 Å². The lowest BCUT2D eigenvalue weighted by molar-refractivity contribution is -0.139. The summed E-state index contributed by atoms with van der Waals surface area (Å²) in [5.41, 5.74) is 1.81. The van der Waals surface area contributed by atoms with Gasteiger partial charge in [0.2, 0.25) is 17.6 Å². The molecule has 0 bridgehead atoms. The highest BCUT2D eigenvalue weighted by Gasteiger charge is 2.37. The summed E-state index contributed by atoms with van der Waals surface area (Å²) < 4.78 is 5.37. The number of benzene rings is 1. The van der Waals surface area contributed by atoms with E-state index in [1.165, 1.54) is 0 Å². The van der Waals surface area contributed by atoms with Crippen LogP contribution >= 0.6 is 0 Å². The quantitative estimate of drug-likeness (QED) is 0.739. The van der Waals surface area contributed by atoms with Gasteiger partial charge in [0.25, 0.3) is 0 Å². The second kappa shape index (κ2) is 6.23. The molecule has 0 unspecified atom stereocenters. The van der Waals surface area contributed by atoms with Crippen LogP contribution in [-0.2, 0) is 11.2 Å². The molecular weight excluding hydrogens is 304 g/mol. The van der Waals surface area contributed by atoms with Crippen molar-refractivity contribution in [2.24, 2.45) is 0 Å². The van der Waals surface area contributed by atoms with Gasteiger partial charge in [-0.05, 0) is 24.1 Å². The summed E-state index contributed by atoms with van der Waals surface area (Å²) in [4.78, 5) is 22.8. The van der Waals surface area contributed by atoms with E-state index >= 15 is 0 Å². The SMILES string of the molecule is O=C(Cc1ccccc1)N1CC[C@H]1c1nc(-c2cccnc2)no1. The zero-order chi connectivity index (χ0) is 16.4. The highest BCUT2D eigenvalue weighted by molar-refractivity contribution is 5.79. The van der Waals surface area contributed by atoms with Crippen molar-refractivity contribution in [3.05, 3.63) is 66.3 Å². The Balaban J connectivity index is 1.47. The highest BCUT2D eigenvalue weighted by Crippen LogP contribution is 2.33. The van der Waals surface area contributed by atoms with E-state index in [-0.39, 0.29) is 11.9 Å². The zero-order valence-corrected chi connectivity index (χ0v) is 13.0. The van der Waals surface area contributed by atoms with E-state index in [9.17, 15) is 4.79 Å². The molecule has 1 aromatic carbocycles. The number of hydrogen-bond acceptors (Lipinski definition) is 5. The van der Waals surface area contributed by atoms with Crippen LogP contribution in [0.25, 0.3) is 11.4 Å². The molecule has 1 fully saturated rings. The van der Waals surface area contributed by atoms with Crippen molar-refractivity contribution >= 4 is 5.91 Å². The van der Waals surface area contributed by atoms with E-state index in [1.54, 1.807) is 17.3 Å². The first-order valence-electron chi connectivity index (χ1n) is 7.88. The van der Waals surface area contributed by atoms with E-state index in [2.05, 4.69) is 15.1 Å². The van der Waals surface area contributed by atoms with Crippen molar-refractivity contribution < 1.29 is 9.32 Å². The lowest BCUT2D eigenvalue weighted by atomic mass is 10.0. The van der Waals surface area contributed by atoms with Crippen molar-refractivity contribution in [3.8, 4) is 11.4 Å². The Hall–Kier alpha value is -3.02. The largest absolute Gasteiger partial charge is 0.337 e. The number of aromatic nitrogens is 3. The normalized spacial score (nSPS) is 16.7. The molecule has 0 saturated carbocycles. The maximum atomic E-state index is 12.5. The summed E-state index contributed by atoms with van der Waals surface area (Å²) in [5.74, 6) is 1.07. The predicted octanol–water partition coefficient (Wildman–Crippen LogP) is 2.65. The van der Waals surface area contributed by atoms with Gasteiger partial charge in [0, 0.05) is 24.5 Å². The minimum absolute atomic E-state index is 0.0820. The van der Waals surface area contributed by atoms with Gasteiger partial charge in [0.15, 0.2) is 0 Å². The van der Waals surface area contributed by atoms with E-state index in [0.717, 1.165) is 24.1 Å². The number of pyridine rings is 1. The van der Waals surface area contributed by atoms with Crippen LogP contribution in [-0.4, -0.2) is 32.5 Å². The molecule has 4 rings (SSSR count). The van der Waals surface area contributed by atoms with Crippen LogP contribution < -0.4 is 0 Å². The maximum absolute atomic E-state index is 12.5. The Morgan fingerprint density at radius 3 is 2.79 bits per heavy atom. The fourth-order valence-electron chi connectivity index (χ4n) is 2.80. The number of hydrogen-bond donors (Lipinski definition) is 0. The number of amides is 1. The molecule has 0 N–H and O–H groups in total. The maximum Gasteiger partial charge on any atom is 0.249 e. The molecule has 1 saturated heterocycles. The number of likely N-dealkylation sites (tertiary alicyclic amines) is 1. The summed E-state index contributed by atoms with van der Waals surface area (Å²) in [6, 6.07) is 13.3. The van der Waals surface area contributed by atoms with Gasteiger partial charge in [-0.25, -0.2) is 0 Å². The highest BCUT2D eigenvalue weighted by atomic mass is 16.5. The number of carbonyl (C=O) groups is 1. The molecule has 24 heavy (non-hydrogen) atoms. The number of nitrogens with zero attached hydrogens (tertiary/aromatic N) is 4. The van der Waals surface area contributed by atoms with Crippen LogP contribution in [0.3, 0.4) is 0 Å². The molecule has 1 amide bonds. The van der Waals surface area contributed by atoms with Crippen molar-refractivity contribution in [1.29, 1.82) is 0 Å². The minimum Gasteiger partial charge on any atom is -0.337 e. The summed E-state index contributed by atoms with van der Waals surface area (Å²) in [5, 5.41) is 4.00. The molecule has 0 spiro atoms. The molecule has 0 aliphatic carbocycles. The Kier molecular flexibility index (Phi) is 3.78. The molecule has 1 aliphatic heterocycles. The third kappa shape index (κ3) is 2.78. The molecule has 3 heterocycles. The molecule has 6 nitrogen and oxygen atoms in total. The van der Waals surface area contributed by atoms with Crippen LogP contribution in [0.15, 0.2) is 59.4 Å². The Labute approximate surface area is 139 Å². The summed E-state index contributed by atoms with van der Waals surface area (Å²) in [6.45, 7) is 0.723. The Morgan fingerprint density at radius 2 is 2.08 bits per heavy atom. The van der Waals surface area contributed by atoms with Crippen molar-refractivity contribution in [2.45, 2.75) is 18.9 Å². The first-order chi connectivity index (χ1) is 11.8. The fourth-order valence-corrected chi connectivity index (χ4v) is 2.80. The number of carbonyl (C=O) groups excluding carboxylic acids is 1. The summed E-state index contributed by atoms with van der Waals surface area (Å²) >= 11 is 0. The molecular formula is C18H16N4O2. The predicted molar refractivity (Wildman–Crippen MR) is 86.7 cm³/mol. The summed E-state index contributed by atoms with van der Waals surface area (Å²) in [7, 11) is 0. The first kappa shape index (κ1) is 14.6. The van der Waals surface area contributed by atoms with Crippen molar-refractivity contribution in [1.82, 2.24) is 20.0 Å². The molecule has 3 aromatic rings. The zero-order valence-electron chi connectivity index (χ0n) is 13.0. The van der Waals surface area contributed by atoms with Gasteiger partial charge < -0.3 is 9.42 Å². The van der Waals surface area contributed by atoms with Crippen LogP contribution in [0, 0.1) is 0 Å². The molecule has 0 radical (unpaired) electrons. The monoisotopic (exact) mass is 320 g/mol. The Morgan fingerprint density at radius 1 is 1.21 bits per heavy atom. The van der Waals surface area contributed by atoms with E-state index in [1.807, 2.05) is 42.5 Å². The molecule has 6 heteroatoms.